The Kier molecular flexibility index (Phi) is 3.44. The highest BCUT2D eigenvalue weighted by Gasteiger charge is 2.29. The normalized spacial score (nSPS) is 23.9. The number of hydrogen-bond acceptors (Lipinski definition) is 3. The lowest BCUT2D eigenvalue weighted by Gasteiger charge is -2.14. The summed E-state index contributed by atoms with van der Waals surface area (Å²) in [5, 5.41) is 3.01. The average Bonchev–Trinajstić information content (AvgIpc) is 3.04. The van der Waals surface area contributed by atoms with E-state index in [1.165, 1.54) is 0 Å². The van der Waals surface area contributed by atoms with Crippen LogP contribution in [0.5, 0.6) is 0 Å². The van der Waals surface area contributed by atoms with E-state index >= 15 is 0 Å². The third kappa shape index (κ3) is 2.54. The Morgan fingerprint density at radius 3 is 3.00 bits per heavy atom. The molecule has 3 unspecified atom stereocenters. The molecular formula is C15H19N3O2. The molecule has 1 fully saturated rings. The molecule has 0 saturated carbocycles. The van der Waals surface area contributed by atoms with Crippen molar-refractivity contribution < 1.29 is 9.53 Å². The van der Waals surface area contributed by atoms with Crippen LogP contribution in [-0.4, -0.2) is 28.6 Å². The van der Waals surface area contributed by atoms with Crippen LogP contribution in [0.15, 0.2) is 24.3 Å². The first-order valence-electron chi connectivity index (χ1n) is 7.00. The number of nitrogens with one attached hydrogen (secondary N) is 2. The number of benzene rings is 1. The zero-order valence-corrected chi connectivity index (χ0v) is 11.7. The van der Waals surface area contributed by atoms with E-state index in [0.29, 0.717) is 6.61 Å². The van der Waals surface area contributed by atoms with Crippen molar-refractivity contribution in [3.05, 3.63) is 30.1 Å². The maximum atomic E-state index is 12.2. The fourth-order valence-electron chi connectivity index (χ4n) is 2.58. The quantitative estimate of drug-likeness (QED) is 0.900. The summed E-state index contributed by atoms with van der Waals surface area (Å²) in [6.07, 6.45) is 0.964. The standard InChI is InChI=1S/C15H19N3O2/c1-9-7-11(8-20-9)15(19)16-10(2)14-17-12-5-3-4-6-13(12)18-14/h3-6,9-11H,7-8H2,1-2H3,(H,16,19)(H,17,18). The molecule has 20 heavy (non-hydrogen) atoms. The van der Waals surface area contributed by atoms with Crippen LogP contribution in [-0.2, 0) is 9.53 Å². The van der Waals surface area contributed by atoms with Gasteiger partial charge in [-0.05, 0) is 32.4 Å². The van der Waals surface area contributed by atoms with Crippen LogP contribution in [0.1, 0.15) is 32.1 Å². The molecule has 3 rings (SSSR count). The molecule has 0 radical (unpaired) electrons. The summed E-state index contributed by atoms with van der Waals surface area (Å²) < 4.78 is 5.44. The number of hydrogen-bond donors (Lipinski definition) is 2. The number of amides is 1. The van der Waals surface area contributed by atoms with E-state index in [-0.39, 0.29) is 24.0 Å². The molecule has 0 aliphatic carbocycles. The Morgan fingerprint density at radius 1 is 1.50 bits per heavy atom. The predicted molar refractivity (Wildman–Crippen MR) is 76.2 cm³/mol. The van der Waals surface area contributed by atoms with Crippen LogP contribution in [0.25, 0.3) is 11.0 Å². The molecule has 3 atom stereocenters. The van der Waals surface area contributed by atoms with Gasteiger partial charge in [0.25, 0.3) is 0 Å². The lowest BCUT2D eigenvalue weighted by molar-refractivity contribution is -0.125. The lowest BCUT2D eigenvalue weighted by atomic mass is 10.1. The Bertz CT molecular complexity index is 589. The molecule has 1 aromatic carbocycles. The molecule has 106 valence electrons. The van der Waals surface area contributed by atoms with E-state index in [4.69, 9.17) is 4.74 Å². The van der Waals surface area contributed by atoms with Gasteiger partial charge in [0, 0.05) is 0 Å². The molecule has 1 aromatic heterocycles. The second-order valence-electron chi connectivity index (χ2n) is 5.45. The van der Waals surface area contributed by atoms with Crippen LogP contribution in [0.3, 0.4) is 0 Å². The third-order valence-electron chi connectivity index (χ3n) is 3.75. The van der Waals surface area contributed by atoms with E-state index in [9.17, 15) is 4.79 Å². The summed E-state index contributed by atoms with van der Waals surface area (Å²) in [6, 6.07) is 7.72. The SMILES string of the molecule is CC1CC(C(=O)NC(C)c2nc3ccccc3[nH]2)CO1. The summed E-state index contributed by atoms with van der Waals surface area (Å²) in [7, 11) is 0. The van der Waals surface area contributed by atoms with Gasteiger partial charge in [-0.3, -0.25) is 4.79 Å². The molecule has 2 N–H and O–H groups in total. The van der Waals surface area contributed by atoms with E-state index in [1.807, 2.05) is 38.1 Å². The van der Waals surface area contributed by atoms with Gasteiger partial charge < -0.3 is 15.0 Å². The average molecular weight is 273 g/mol. The number of ether oxygens (including phenoxy) is 1. The molecule has 1 saturated heterocycles. The van der Waals surface area contributed by atoms with Crippen molar-refractivity contribution in [2.24, 2.45) is 5.92 Å². The minimum Gasteiger partial charge on any atom is -0.378 e. The summed E-state index contributed by atoms with van der Waals surface area (Å²) in [4.78, 5) is 19.9. The fourth-order valence-corrected chi connectivity index (χ4v) is 2.58. The van der Waals surface area contributed by atoms with Gasteiger partial charge >= 0.3 is 0 Å². The lowest BCUT2D eigenvalue weighted by Crippen LogP contribution is -2.33. The third-order valence-corrected chi connectivity index (χ3v) is 3.75. The van der Waals surface area contributed by atoms with Gasteiger partial charge in [-0.25, -0.2) is 4.98 Å². The number of carbonyl (C=O) groups is 1. The Hall–Kier alpha value is -1.88. The number of imidazole rings is 1. The van der Waals surface area contributed by atoms with Crippen LogP contribution in [0.2, 0.25) is 0 Å². The van der Waals surface area contributed by atoms with E-state index in [1.54, 1.807) is 0 Å². The smallest absolute Gasteiger partial charge is 0.226 e. The number of rotatable bonds is 3. The first-order chi connectivity index (χ1) is 9.63. The van der Waals surface area contributed by atoms with Gasteiger partial charge in [0.05, 0.1) is 35.7 Å². The highest BCUT2D eigenvalue weighted by atomic mass is 16.5. The van der Waals surface area contributed by atoms with Crippen molar-refractivity contribution in [2.75, 3.05) is 6.61 Å². The molecule has 0 bridgehead atoms. The molecule has 1 aliphatic heterocycles. The number of aromatic amines is 1. The first-order valence-corrected chi connectivity index (χ1v) is 7.00. The molecular weight excluding hydrogens is 254 g/mol. The van der Waals surface area contributed by atoms with Gasteiger partial charge in [0.2, 0.25) is 5.91 Å². The monoisotopic (exact) mass is 273 g/mol. The van der Waals surface area contributed by atoms with Crippen molar-refractivity contribution in [2.45, 2.75) is 32.4 Å². The maximum Gasteiger partial charge on any atom is 0.226 e. The zero-order chi connectivity index (χ0) is 14.1. The number of aromatic nitrogens is 2. The van der Waals surface area contributed by atoms with Crippen LogP contribution in [0, 0.1) is 5.92 Å². The predicted octanol–water partition coefficient (Wildman–Crippen LogP) is 2.17. The largest absolute Gasteiger partial charge is 0.378 e. The van der Waals surface area contributed by atoms with Crippen LogP contribution >= 0.6 is 0 Å². The first kappa shape index (κ1) is 13.1. The molecule has 1 aliphatic rings. The summed E-state index contributed by atoms with van der Waals surface area (Å²) in [5.41, 5.74) is 1.91. The second-order valence-corrected chi connectivity index (χ2v) is 5.45. The Morgan fingerprint density at radius 2 is 2.30 bits per heavy atom. The van der Waals surface area contributed by atoms with Crippen molar-refractivity contribution >= 4 is 16.9 Å². The summed E-state index contributed by atoms with van der Waals surface area (Å²) >= 11 is 0. The minimum absolute atomic E-state index is 0.0438. The summed E-state index contributed by atoms with van der Waals surface area (Å²) in [5.74, 6) is 0.783. The molecule has 1 amide bonds. The van der Waals surface area contributed by atoms with Gasteiger partial charge in [-0.1, -0.05) is 12.1 Å². The van der Waals surface area contributed by atoms with Crippen LogP contribution in [0.4, 0.5) is 0 Å². The van der Waals surface area contributed by atoms with Crippen LogP contribution < -0.4 is 5.32 Å². The van der Waals surface area contributed by atoms with E-state index in [2.05, 4.69) is 15.3 Å². The van der Waals surface area contributed by atoms with Gasteiger partial charge in [-0.2, -0.15) is 0 Å². The summed E-state index contributed by atoms with van der Waals surface area (Å²) in [6.45, 7) is 4.45. The number of nitrogens with zero attached hydrogens (tertiary/aromatic N) is 1. The van der Waals surface area contributed by atoms with Crippen molar-refractivity contribution in [3.63, 3.8) is 0 Å². The van der Waals surface area contributed by atoms with E-state index < -0.39 is 0 Å². The fraction of sp³-hybridized carbons (Fsp3) is 0.467. The van der Waals surface area contributed by atoms with Crippen molar-refractivity contribution in [1.29, 1.82) is 0 Å². The number of H-pyrrole nitrogens is 1. The van der Waals surface area contributed by atoms with Gasteiger partial charge in [-0.15, -0.1) is 0 Å². The van der Waals surface area contributed by atoms with Crippen molar-refractivity contribution in [1.82, 2.24) is 15.3 Å². The van der Waals surface area contributed by atoms with Gasteiger partial charge in [0.15, 0.2) is 0 Å². The maximum absolute atomic E-state index is 12.2. The molecule has 5 heteroatoms. The van der Waals surface area contributed by atoms with Gasteiger partial charge in [0.1, 0.15) is 5.82 Å². The Labute approximate surface area is 117 Å². The number of carbonyl (C=O) groups excluding carboxylic acids is 1. The number of para-hydroxylation sites is 2. The molecule has 5 nitrogen and oxygen atoms in total. The minimum atomic E-state index is -0.134. The molecule has 2 heterocycles. The number of fused-ring (bicyclic) bond motifs is 1. The highest BCUT2D eigenvalue weighted by molar-refractivity contribution is 5.80. The molecule has 2 aromatic rings. The topological polar surface area (TPSA) is 67.0 Å². The highest BCUT2D eigenvalue weighted by Crippen LogP contribution is 2.21. The second kappa shape index (κ2) is 5.25. The Balaban J connectivity index is 1.69. The zero-order valence-electron chi connectivity index (χ0n) is 11.7. The van der Waals surface area contributed by atoms with E-state index in [0.717, 1.165) is 23.3 Å². The molecule has 0 spiro atoms. The van der Waals surface area contributed by atoms with Crippen molar-refractivity contribution in [3.8, 4) is 0 Å².